The van der Waals surface area contributed by atoms with Crippen molar-refractivity contribution in [1.29, 1.82) is 0 Å². The van der Waals surface area contributed by atoms with Crippen LogP contribution in [0.1, 0.15) is 19.5 Å². The van der Waals surface area contributed by atoms with Crippen LogP contribution in [-0.2, 0) is 6.61 Å². The molecule has 0 spiro atoms. The lowest BCUT2D eigenvalue weighted by atomic mass is 10.3. The Morgan fingerprint density at radius 1 is 1.30 bits per heavy atom. The molecule has 0 amide bonds. The first-order valence-corrected chi connectivity index (χ1v) is 7.53. The van der Waals surface area contributed by atoms with Gasteiger partial charge in [0.1, 0.15) is 12.4 Å². The molecular formula is C15H18N2O2S. The van der Waals surface area contributed by atoms with Gasteiger partial charge in [0.15, 0.2) is 5.16 Å². The lowest BCUT2D eigenvalue weighted by Crippen LogP contribution is -2.12. The molecule has 0 fully saturated rings. The zero-order valence-electron chi connectivity index (χ0n) is 11.6. The maximum atomic E-state index is 11.6. The van der Waals surface area contributed by atoms with Crippen LogP contribution in [0.25, 0.3) is 0 Å². The third kappa shape index (κ3) is 4.74. The molecule has 106 valence electrons. The summed E-state index contributed by atoms with van der Waals surface area (Å²) in [5.74, 6) is 2.24. The zero-order valence-corrected chi connectivity index (χ0v) is 12.4. The van der Waals surface area contributed by atoms with Gasteiger partial charge in [0.25, 0.3) is 5.56 Å². The van der Waals surface area contributed by atoms with E-state index < -0.39 is 0 Å². The number of para-hydroxylation sites is 1. The van der Waals surface area contributed by atoms with Crippen LogP contribution in [0.3, 0.4) is 0 Å². The van der Waals surface area contributed by atoms with Crippen molar-refractivity contribution in [2.45, 2.75) is 25.6 Å². The second-order valence-corrected chi connectivity index (χ2v) is 5.86. The summed E-state index contributed by atoms with van der Waals surface area (Å²) >= 11 is 1.56. The summed E-state index contributed by atoms with van der Waals surface area (Å²) in [4.78, 5) is 18.7. The molecule has 0 bridgehead atoms. The van der Waals surface area contributed by atoms with E-state index in [2.05, 4.69) is 23.8 Å². The molecule has 0 unspecified atom stereocenters. The molecule has 1 aromatic carbocycles. The van der Waals surface area contributed by atoms with Crippen LogP contribution < -0.4 is 10.3 Å². The van der Waals surface area contributed by atoms with Gasteiger partial charge in [-0.3, -0.25) is 4.79 Å². The molecular weight excluding hydrogens is 272 g/mol. The van der Waals surface area contributed by atoms with Crippen molar-refractivity contribution in [3.8, 4) is 5.75 Å². The Bertz CT molecular complexity index is 596. The van der Waals surface area contributed by atoms with Gasteiger partial charge >= 0.3 is 0 Å². The van der Waals surface area contributed by atoms with Gasteiger partial charge in [-0.25, -0.2) is 4.98 Å². The number of benzene rings is 1. The lowest BCUT2D eigenvalue weighted by Gasteiger charge is -2.07. The molecule has 20 heavy (non-hydrogen) atoms. The minimum atomic E-state index is -0.141. The average Bonchev–Trinajstić information content (AvgIpc) is 2.44. The zero-order chi connectivity index (χ0) is 14.4. The van der Waals surface area contributed by atoms with Crippen molar-refractivity contribution in [3.63, 3.8) is 0 Å². The second-order valence-electron chi connectivity index (χ2n) is 4.85. The maximum absolute atomic E-state index is 11.6. The first-order valence-electron chi connectivity index (χ1n) is 6.54. The Labute approximate surface area is 122 Å². The number of nitrogens with zero attached hydrogens (tertiary/aromatic N) is 1. The second kappa shape index (κ2) is 7.14. The van der Waals surface area contributed by atoms with Gasteiger partial charge in [0.2, 0.25) is 0 Å². The minimum absolute atomic E-state index is 0.141. The third-order valence-electron chi connectivity index (χ3n) is 2.46. The molecule has 0 atom stereocenters. The van der Waals surface area contributed by atoms with E-state index >= 15 is 0 Å². The highest BCUT2D eigenvalue weighted by Crippen LogP contribution is 2.16. The number of H-pyrrole nitrogens is 1. The van der Waals surface area contributed by atoms with Gasteiger partial charge in [-0.2, -0.15) is 0 Å². The van der Waals surface area contributed by atoms with Crippen molar-refractivity contribution < 1.29 is 4.74 Å². The van der Waals surface area contributed by atoms with Crippen molar-refractivity contribution in [2.75, 3.05) is 5.75 Å². The van der Waals surface area contributed by atoms with Crippen LogP contribution in [0.15, 0.2) is 46.3 Å². The number of hydrogen-bond acceptors (Lipinski definition) is 4. The van der Waals surface area contributed by atoms with E-state index in [0.29, 0.717) is 23.4 Å². The minimum Gasteiger partial charge on any atom is -0.487 e. The largest absolute Gasteiger partial charge is 0.487 e. The molecule has 0 radical (unpaired) electrons. The first-order chi connectivity index (χ1) is 9.63. The molecule has 4 nitrogen and oxygen atoms in total. The third-order valence-corrected chi connectivity index (χ3v) is 3.76. The molecule has 0 aliphatic heterocycles. The molecule has 1 aromatic heterocycles. The topological polar surface area (TPSA) is 55.0 Å². The van der Waals surface area contributed by atoms with Crippen LogP contribution in [-0.4, -0.2) is 15.7 Å². The van der Waals surface area contributed by atoms with Crippen LogP contribution in [0, 0.1) is 5.92 Å². The smallest absolute Gasteiger partial charge is 0.251 e. The highest BCUT2D eigenvalue weighted by atomic mass is 32.2. The predicted octanol–water partition coefficient (Wildman–Crippen LogP) is 3.10. The van der Waals surface area contributed by atoms with E-state index in [4.69, 9.17) is 4.74 Å². The molecule has 0 saturated heterocycles. The molecule has 2 rings (SSSR count). The van der Waals surface area contributed by atoms with E-state index in [9.17, 15) is 4.79 Å². The number of aromatic nitrogens is 2. The van der Waals surface area contributed by atoms with Crippen LogP contribution >= 0.6 is 11.8 Å². The number of nitrogens with one attached hydrogen (secondary N) is 1. The van der Waals surface area contributed by atoms with Gasteiger partial charge in [-0.15, -0.1) is 0 Å². The highest BCUT2D eigenvalue weighted by molar-refractivity contribution is 7.99. The summed E-state index contributed by atoms with van der Waals surface area (Å²) in [7, 11) is 0. The van der Waals surface area contributed by atoms with Crippen molar-refractivity contribution in [1.82, 2.24) is 9.97 Å². The predicted molar refractivity (Wildman–Crippen MR) is 81.2 cm³/mol. The van der Waals surface area contributed by atoms with Crippen molar-refractivity contribution >= 4 is 11.8 Å². The molecule has 1 N–H and O–H groups in total. The Morgan fingerprint density at radius 2 is 2.05 bits per heavy atom. The van der Waals surface area contributed by atoms with E-state index in [1.807, 2.05) is 30.3 Å². The van der Waals surface area contributed by atoms with Gasteiger partial charge in [0, 0.05) is 11.8 Å². The monoisotopic (exact) mass is 290 g/mol. The van der Waals surface area contributed by atoms with Crippen LogP contribution in [0.2, 0.25) is 0 Å². The van der Waals surface area contributed by atoms with Gasteiger partial charge < -0.3 is 9.72 Å². The van der Waals surface area contributed by atoms with Gasteiger partial charge in [-0.1, -0.05) is 43.8 Å². The van der Waals surface area contributed by atoms with Crippen LogP contribution in [0.4, 0.5) is 0 Å². The Balaban J connectivity index is 2.02. The number of aromatic amines is 1. The summed E-state index contributed by atoms with van der Waals surface area (Å²) in [6.45, 7) is 4.56. The molecule has 2 aromatic rings. The Morgan fingerprint density at radius 3 is 2.75 bits per heavy atom. The SMILES string of the molecule is CC(C)CSc1nc(COc2ccccc2)cc(=O)[nH]1. The molecule has 0 aliphatic rings. The molecule has 0 aliphatic carbocycles. The van der Waals surface area contributed by atoms with E-state index in [-0.39, 0.29) is 5.56 Å². The lowest BCUT2D eigenvalue weighted by molar-refractivity contribution is 0.299. The molecule has 5 heteroatoms. The molecule has 1 heterocycles. The number of thioether (sulfide) groups is 1. The summed E-state index contributed by atoms with van der Waals surface area (Å²) in [5, 5.41) is 0.651. The quantitative estimate of drug-likeness (QED) is 0.656. The first kappa shape index (κ1) is 14.7. The normalized spacial score (nSPS) is 10.8. The summed E-state index contributed by atoms with van der Waals surface area (Å²) in [5.41, 5.74) is 0.502. The van der Waals surface area contributed by atoms with Crippen molar-refractivity contribution in [2.24, 2.45) is 5.92 Å². The number of ether oxygens (including phenoxy) is 1. The fourth-order valence-electron chi connectivity index (χ4n) is 1.55. The maximum Gasteiger partial charge on any atom is 0.251 e. The Kier molecular flexibility index (Phi) is 5.24. The highest BCUT2D eigenvalue weighted by Gasteiger charge is 2.04. The fraction of sp³-hybridized carbons (Fsp3) is 0.333. The fourth-order valence-corrected chi connectivity index (χ4v) is 2.39. The van der Waals surface area contributed by atoms with Gasteiger partial charge in [-0.05, 0) is 18.1 Å². The summed E-state index contributed by atoms with van der Waals surface area (Å²) in [6.07, 6.45) is 0. The van der Waals surface area contributed by atoms with E-state index in [1.54, 1.807) is 11.8 Å². The standard InChI is InChI=1S/C15H18N2O2S/c1-11(2)10-20-15-16-12(8-14(18)17-15)9-19-13-6-4-3-5-7-13/h3-8,11H,9-10H2,1-2H3,(H,16,17,18). The Hall–Kier alpha value is -1.75. The van der Waals surface area contributed by atoms with Gasteiger partial charge in [0.05, 0.1) is 5.69 Å². The summed E-state index contributed by atoms with van der Waals surface area (Å²) < 4.78 is 5.60. The van der Waals surface area contributed by atoms with E-state index in [0.717, 1.165) is 11.5 Å². The van der Waals surface area contributed by atoms with Crippen LogP contribution in [0.5, 0.6) is 5.75 Å². The van der Waals surface area contributed by atoms with Crippen molar-refractivity contribution in [3.05, 3.63) is 52.4 Å². The number of rotatable bonds is 6. The number of hydrogen-bond donors (Lipinski definition) is 1. The van der Waals surface area contributed by atoms with E-state index in [1.165, 1.54) is 6.07 Å². The molecule has 0 saturated carbocycles. The average molecular weight is 290 g/mol. The summed E-state index contributed by atoms with van der Waals surface area (Å²) in [6, 6.07) is 11.0.